The Labute approximate surface area is 119 Å². The quantitative estimate of drug-likeness (QED) is 0.853. The Morgan fingerprint density at radius 1 is 1.53 bits per heavy atom. The molecule has 5 heteroatoms. The summed E-state index contributed by atoms with van der Waals surface area (Å²) in [6.45, 7) is 11.2. The van der Waals surface area contributed by atoms with Crippen LogP contribution in [0.3, 0.4) is 0 Å². The summed E-state index contributed by atoms with van der Waals surface area (Å²) in [5, 5.41) is 0. The summed E-state index contributed by atoms with van der Waals surface area (Å²) in [5.74, 6) is 0.154. The van der Waals surface area contributed by atoms with Crippen LogP contribution in [0.1, 0.15) is 42.6 Å². The van der Waals surface area contributed by atoms with Gasteiger partial charge in [-0.3, -0.25) is 9.69 Å². The lowest BCUT2D eigenvalue weighted by atomic mass is 10.1. The fourth-order valence-electron chi connectivity index (χ4n) is 2.75. The molecule has 1 aromatic rings. The highest BCUT2D eigenvalue weighted by Crippen LogP contribution is 2.20. The van der Waals surface area contributed by atoms with Crippen molar-refractivity contribution in [3.05, 3.63) is 16.1 Å². The molecule has 4 nitrogen and oxygen atoms in total. The summed E-state index contributed by atoms with van der Waals surface area (Å²) in [5.41, 5.74) is 2.61. The van der Waals surface area contributed by atoms with Gasteiger partial charge in [-0.25, -0.2) is 4.98 Å². The summed E-state index contributed by atoms with van der Waals surface area (Å²) >= 11 is 1.45. The van der Waals surface area contributed by atoms with Gasteiger partial charge in [-0.15, -0.1) is 11.3 Å². The van der Waals surface area contributed by atoms with E-state index in [1.54, 1.807) is 5.51 Å². The second-order valence-corrected chi connectivity index (χ2v) is 6.27. The van der Waals surface area contributed by atoms with E-state index in [0.29, 0.717) is 12.1 Å². The van der Waals surface area contributed by atoms with E-state index in [9.17, 15) is 4.79 Å². The number of rotatable bonds is 3. The minimum atomic E-state index is 0.154. The van der Waals surface area contributed by atoms with Gasteiger partial charge < -0.3 is 4.90 Å². The number of piperazine rings is 1. The van der Waals surface area contributed by atoms with Crippen LogP contribution < -0.4 is 0 Å². The molecule has 0 N–H and O–H groups in total. The zero-order valence-corrected chi connectivity index (χ0v) is 13.0. The van der Waals surface area contributed by atoms with E-state index >= 15 is 0 Å². The van der Waals surface area contributed by atoms with Crippen LogP contribution in [-0.4, -0.2) is 52.4 Å². The standard InChI is InChI=1S/C14H23N3OS/c1-5-12-8-16(6-7-17(12)10(2)3)14(18)13-11(4)15-9-19-13/h9-10,12H,5-8H2,1-4H3/t12-/m1/s1. The van der Waals surface area contributed by atoms with E-state index < -0.39 is 0 Å². The first-order valence-electron chi connectivity index (χ1n) is 6.99. The highest BCUT2D eigenvalue weighted by molar-refractivity contribution is 7.11. The average molecular weight is 281 g/mol. The zero-order valence-electron chi connectivity index (χ0n) is 12.2. The summed E-state index contributed by atoms with van der Waals surface area (Å²) in [6, 6.07) is 1.03. The van der Waals surface area contributed by atoms with Gasteiger partial charge in [-0.2, -0.15) is 0 Å². The Morgan fingerprint density at radius 3 is 2.79 bits per heavy atom. The van der Waals surface area contributed by atoms with Gasteiger partial charge in [-0.1, -0.05) is 6.92 Å². The minimum absolute atomic E-state index is 0.154. The molecule has 1 fully saturated rings. The van der Waals surface area contributed by atoms with Crippen molar-refractivity contribution in [1.82, 2.24) is 14.8 Å². The molecule has 0 radical (unpaired) electrons. The first-order valence-corrected chi connectivity index (χ1v) is 7.87. The third kappa shape index (κ3) is 2.98. The summed E-state index contributed by atoms with van der Waals surface area (Å²) in [6.07, 6.45) is 1.09. The predicted octanol–water partition coefficient (Wildman–Crippen LogP) is 2.40. The largest absolute Gasteiger partial charge is 0.335 e. The number of hydrogen-bond donors (Lipinski definition) is 0. The van der Waals surface area contributed by atoms with Gasteiger partial charge in [0.15, 0.2) is 0 Å². The molecular formula is C14H23N3OS. The topological polar surface area (TPSA) is 36.4 Å². The fraction of sp³-hybridized carbons (Fsp3) is 0.714. The number of aryl methyl sites for hydroxylation is 1. The van der Waals surface area contributed by atoms with E-state index in [-0.39, 0.29) is 5.91 Å². The number of carbonyl (C=O) groups is 1. The third-order valence-corrected chi connectivity index (χ3v) is 4.81. The van der Waals surface area contributed by atoms with E-state index in [1.807, 2.05) is 11.8 Å². The molecule has 1 aliphatic rings. The molecule has 0 saturated carbocycles. The molecule has 106 valence electrons. The number of hydrogen-bond acceptors (Lipinski definition) is 4. The van der Waals surface area contributed by atoms with Gasteiger partial charge in [-0.05, 0) is 27.2 Å². The summed E-state index contributed by atoms with van der Waals surface area (Å²) < 4.78 is 0. The number of amides is 1. The van der Waals surface area contributed by atoms with Crippen molar-refractivity contribution in [3.8, 4) is 0 Å². The first-order chi connectivity index (χ1) is 9.04. The molecule has 19 heavy (non-hydrogen) atoms. The maximum Gasteiger partial charge on any atom is 0.265 e. The monoisotopic (exact) mass is 281 g/mol. The minimum Gasteiger partial charge on any atom is -0.335 e. The maximum atomic E-state index is 12.5. The Bertz CT molecular complexity index is 444. The van der Waals surface area contributed by atoms with Crippen molar-refractivity contribution in [2.45, 2.75) is 46.2 Å². The van der Waals surface area contributed by atoms with Crippen LogP contribution in [0.25, 0.3) is 0 Å². The number of aromatic nitrogens is 1. The lowest BCUT2D eigenvalue weighted by Crippen LogP contribution is -2.56. The number of thiazole rings is 1. The van der Waals surface area contributed by atoms with Gasteiger partial charge in [0.2, 0.25) is 0 Å². The SMILES string of the molecule is CC[C@@H]1CN(C(=O)c2scnc2C)CCN1C(C)C. The maximum absolute atomic E-state index is 12.5. The van der Waals surface area contributed by atoms with Crippen molar-refractivity contribution in [2.24, 2.45) is 0 Å². The Morgan fingerprint density at radius 2 is 2.26 bits per heavy atom. The van der Waals surface area contributed by atoms with Gasteiger partial charge >= 0.3 is 0 Å². The summed E-state index contributed by atoms with van der Waals surface area (Å²) in [4.78, 5) is 22.0. The molecule has 2 heterocycles. The van der Waals surface area contributed by atoms with Crippen molar-refractivity contribution in [3.63, 3.8) is 0 Å². The van der Waals surface area contributed by atoms with Crippen LogP contribution >= 0.6 is 11.3 Å². The molecule has 0 aliphatic carbocycles. The van der Waals surface area contributed by atoms with Gasteiger partial charge in [0.25, 0.3) is 5.91 Å². The molecule has 1 atom stereocenters. The molecule has 1 aromatic heterocycles. The van der Waals surface area contributed by atoms with Crippen molar-refractivity contribution >= 4 is 17.2 Å². The highest BCUT2D eigenvalue weighted by atomic mass is 32.1. The van der Waals surface area contributed by atoms with Crippen LogP contribution in [0.5, 0.6) is 0 Å². The normalized spacial score (nSPS) is 21.1. The Balaban J connectivity index is 2.08. The zero-order chi connectivity index (χ0) is 14.0. The van der Waals surface area contributed by atoms with Gasteiger partial charge in [0.05, 0.1) is 11.2 Å². The molecule has 0 aromatic carbocycles. The third-order valence-electron chi connectivity index (χ3n) is 3.89. The van der Waals surface area contributed by atoms with Gasteiger partial charge in [0.1, 0.15) is 4.88 Å². The average Bonchev–Trinajstić information content (AvgIpc) is 2.83. The molecule has 1 saturated heterocycles. The molecule has 0 spiro atoms. The number of nitrogens with zero attached hydrogens (tertiary/aromatic N) is 3. The van der Waals surface area contributed by atoms with Crippen LogP contribution in [0.4, 0.5) is 0 Å². The van der Waals surface area contributed by atoms with Crippen LogP contribution in [-0.2, 0) is 0 Å². The lowest BCUT2D eigenvalue weighted by Gasteiger charge is -2.43. The second-order valence-electron chi connectivity index (χ2n) is 5.41. The molecule has 0 bridgehead atoms. The van der Waals surface area contributed by atoms with Crippen LogP contribution in [0.15, 0.2) is 5.51 Å². The Hall–Kier alpha value is -0.940. The van der Waals surface area contributed by atoms with E-state index in [4.69, 9.17) is 0 Å². The second kappa shape index (κ2) is 6.01. The fourth-order valence-corrected chi connectivity index (χ4v) is 3.52. The first kappa shape index (κ1) is 14.5. The van der Waals surface area contributed by atoms with Gasteiger partial charge in [0, 0.05) is 31.7 Å². The molecule has 0 unspecified atom stereocenters. The molecule has 2 rings (SSSR count). The smallest absolute Gasteiger partial charge is 0.265 e. The van der Waals surface area contributed by atoms with Crippen LogP contribution in [0, 0.1) is 6.92 Å². The predicted molar refractivity (Wildman–Crippen MR) is 78.7 cm³/mol. The van der Waals surface area contributed by atoms with E-state index in [0.717, 1.165) is 36.6 Å². The van der Waals surface area contributed by atoms with Crippen molar-refractivity contribution in [2.75, 3.05) is 19.6 Å². The summed E-state index contributed by atoms with van der Waals surface area (Å²) in [7, 11) is 0. The lowest BCUT2D eigenvalue weighted by molar-refractivity contribution is 0.0374. The van der Waals surface area contributed by atoms with Crippen LogP contribution in [0.2, 0.25) is 0 Å². The highest BCUT2D eigenvalue weighted by Gasteiger charge is 2.31. The molecule has 1 aliphatic heterocycles. The number of carbonyl (C=O) groups excluding carboxylic acids is 1. The van der Waals surface area contributed by atoms with Crippen molar-refractivity contribution < 1.29 is 4.79 Å². The van der Waals surface area contributed by atoms with E-state index in [1.165, 1.54) is 11.3 Å². The molecular weight excluding hydrogens is 258 g/mol. The Kier molecular flexibility index (Phi) is 4.58. The molecule has 1 amide bonds. The van der Waals surface area contributed by atoms with E-state index in [2.05, 4.69) is 30.7 Å². The van der Waals surface area contributed by atoms with Crippen molar-refractivity contribution in [1.29, 1.82) is 0 Å².